The van der Waals surface area contributed by atoms with E-state index in [4.69, 9.17) is 5.11 Å². The van der Waals surface area contributed by atoms with Crippen molar-refractivity contribution in [2.45, 2.75) is 31.0 Å². The number of carbonyl (C=O) groups is 4. The van der Waals surface area contributed by atoms with Crippen LogP contribution in [0.1, 0.15) is 12.8 Å². The largest absolute Gasteiger partial charge is 0.480 e. The van der Waals surface area contributed by atoms with Gasteiger partial charge < -0.3 is 20.8 Å². The average molecular weight is 371 g/mol. The van der Waals surface area contributed by atoms with Crippen molar-refractivity contribution in [2.24, 2.45) is 0 Å². The van der Waals surface area contributed by atoms with E-state index in [1.165, 1.54) is 0 Å². The third kappa shape index (κ3) is 7.86. The van der Waals surface area contributed by atoms with Gasteiger partial charge in [-0.15, -0.1) is 0 Å². The molecule has 1 aliphatic carbocycles. The topological polar surface area (TPSA) is 145 Å². The van der Waals surface area contributed by atoms with Crippen LogP contribution in [-0.2, 0) is 19.2 Å². The molecule has 0 saturated carbocycles. The van der Waals surface area contributed by atoms with E-state index in [-0.39, 0.29) is 24.6 Å². The van der Waals surface area contributed by atoms with Gasteiger partial charge in [0, 0.05) is 18.2 Å². The molecule has 25 heavy (non-hydrogen) atoms. The quantitative estimate of drug-likeness (QED) is 0.253. The molecule has 2 amide bonds. The lowest BCUT2D eigenvalue weighted by Crippen LogP contribution is -2.49. The average Bonchev–Trinajstić information content (AvgIpc) is 3.06. The number of carboxylic acid groups (broad SMARTS) is 2. The maximum atomic E-state index is 11.9. The fourth-order valence-electron chi connectivity index (χ4n) is 2.08. The Morgan fingerprint density at radius 2 is 1.72 bits per heavy atom. The van der Waals surface area contributed by atoms with E-state index >= 15 is 0 Å². The van der Waals surface area contributed by atoms with Crippen molar-refractivity contribution in [1.82, 2.24) is 16.0 Å². The first-order valence-corrected chi connectivity index (χ1v) is 8.20. The summed E-state index contributed by atoms with van der Waals surface area (Å²) < 4.78 is 0. The van der Waals surface area contributed by atoms with Gasteiger partial charge in [-0.1, -0.05) is 24.3 Å². The predicted molar refractivity (Wildman–Crippen MR) is 92.3 cm³/mol. The number of rotatable bonds is 11. The second-order valence-corrected chi connectivity index (χ2v) is 5.67. The van der Waals surface area contributed by atoms with Gasteiger partial charge in [0.25, 0.3) is 0 Å². The number of amides is 2. The first kappa shape index (κ1) is 20.7. The van der Waals surface area contributed by atoms with Gasteiger partial charge >= 0.3 is 11.9 Å². The number of hydrogen-bond acceptors (Lipinski definition) is 6. The number of hydrogen-bond donors (Lipinski definition) is 6. The predicted octanol–water partition coefficient (Wildman–Crippen LogP) is -1.08. The van der Waals surface area contributed by atoms with Crippen LogP contribution < -0.4 is 16.0 Å². The number of aliphatic carboxylic acids is 2. The molecule has 0 aliphatic heterocycles. The highest BCUT2D eigenvalue weighted by atomic mass is 32.1. The van der Waals surface area contributed by atoms with Gasteiger partial charge in [0.15, 0.2) is 0 Å². The van der Waals surface area contributed by atoms with Crippen molar-refractivity contribution in [3.63, 3.8) is 0 Å². The molecule has 0 heterocycles. The summed E-state index contributed by atoms with van der Waals surface area (Å²) in [6.07, 6.45) is 7.09. The van der Waals surface area contributed by atoms with Crippen LogP contribution in [0.4, 0.5) is 0 Å². The third-order valence-corrected chi connectivity index (χ3v) is 3.71. The van der Waals surface area contributed by atoms with E-state index in [1.54, 1.807) is 24.3 Å². The molecule has 0 saturated heterocycles. The van der Waals surface area contributed by atoms with E-state index in [9.17, 15) is 24.3 Å². The Morgan fingerprint density at radius 1 is 1.08 bits per heavy atom. The maximum Gasteiger partial charge on any atom is 0.322 e. The zero-order valence-corrected chi connectivity index (χ0v) is 14.2. The molecule has 10 heteroatoms. The van der Waals surface area contributed by atoms with Crippen LogP contribution in [0.5, 0.6) is 0 Å². The molecule has 1 aliphatic rings. The fraction of sp³-hybridized carbons (Fsp3) is 0.467. The van der Waals surface area contributed by atoms with Gasteiger partial charge in [0.2, 0.25) is 11.8 Å². The Bertz CT molecular complexity index is 566. The Balaban J connectivity index is 2.45. The Labute approximate surface area is 150 Å². The molecule has 0 fully saturated rings. The lowest BCUT2D eigenvalue weighted by atomic mass is 10.1. The minimum absolute atomic E-state index is 0.0184. The Kier molecular flexibility index (Phi) is 8.71. The summed E-state index contributed by atoms with van der Waals surface area (Å²) in [4.78, 5) is 45.3. The maximum absolute atomic E-state index is 11.9. The van der Waals surface area contributed by atoms with Gasteiger partial charge in [-0.3, -0.25) is 24.5 Å². The number of thiol groups is 1. The van der Waals surface area contributed by atoms with E-state index in [0.29, 0.717) is 0 Å². The fourth-order valence-corrected chi connectivity index (χ4v) is 2.33. The summed E-state index contributed by atoms with van der Waals surface area (Å²) in [6, 6.07) is -2.11. The summed E-state index contributed by atoms with van der Waals surface area (Å²) in [5.41, 5.74) is 0. The summed E-state index contributed by atoms with van der Waals surface area (Å²) in [7, 11) is 0. The van der Waals surface area contributed by atoms with Crippen molar-refractivity contribution < 1.29 is 29.4 Å². The monoisotopic (exact) mass is 371 g/mol. The molecule has 0 bridgehead atoms. The molecule has 9 nitrogen and oxygen atoms in total. The summed E-state index contributed by atoms with van der Waals surface area (Å²) in [6.45, 7) is -0.563. The molecule has 0 radical (unpaired) electrons. The number of allylic oxidation sites excluding steroid dienone is 2. The SMILES string of the molecule is O=C(O)CNC(=O)[C@H](CS)NC(=O)CC[C@H](NC1C=CC=C1)C(=O)O. The van der Waals surface area contributed by atoms with Crippen LogP contribution in [0.25, 0.3) is 0 Å². The second-order valence-electron chi connectivity index (χ2n) is 5.31. The number of carboxylic acids is 2. The van der Waals surface area contributed by atoms with E-state index in [1.807, 2.05) is 0 Å². The first-order chi connectivity index (χ1) is 11.8. The summed E-state index contributed by atoms with van der Waals surface area (Å²) in [5.74, 6) is -3.49. The normalized spacial score (nSPS) is 15.6. The van der Waals surface area contributed by atoms with Crippen LogP contribution in [0.3, 0.4) is 0 Å². The summed E-state index contributed by atoms with van der Waals surface area (Å²) in [5, 5.41) is 25.2. The standard InChI is InChI=1S/C15H21N3O6S/c19-12(18-11(8-25)14(22)16-7-13(20)21)6-5-10(15(23)24)17-9-3-1-2-4-9/h1-4,9-11,17,25H,5-8H2,(H,16,22)(H,18,19)(H,20,21)(H,23,24)/t10-,11-/m0/s1. The Hall–Kier alpha value is -2.33. The molecule has 0 aromatic rings. The smallest absolute Gasteiger partial charge is 0.322 e. The van der Waals surface area contributed by atoms with Crippen LogP contribution in [0.2, 0.25) is 0 Å². The van der Waals surface area contributed by atoms with Gasteiger partial charge in [0.1, 0.15) is 18.6 Å². The number of nitrogens with one attached hydrogen (secondary N) is 3. The molecule has 0 unspecified atom stereocenters. The molecule has 0 aromatic carbocycles. The lowest BCUT2D eigenvalue weighted by Gasteiger charge is -2.19. The molecule has 2 atom stereocenters. The molecule has 138 valence electrons. The molecule has 0 spiro atoms. The van der Waals surface area contributed by atoms with Gasteiger partial charge in [-0.25, -0.2) is 0 Å². The van der Waals surface area contributed by atoms with Crippen LogP contribution in [0, 0.1) is 0 Å². The third-order valence-electron chi connectivity index (χ3n) is 3.35. The van der Waals surface area contributed by atoms with Crippen LogP contribution in [0.15, 0.2) is 24.3 Å². The first-order valence-electron chi connectivity index (χ1n) is 7.57. The zero-order valence-electron chi connectivity index (χ0n) is 13.3. The van der Waals surface area contributed by atoms with Crippen molar-refractivity contribution >= 4 is 36.4 Å². The highest BCUT2D eigenvalue weighted by Gasteiger charge is 2.23. The van der Waals surface area contributed by atoms with Gasteiger partial charge in [0.05, 0.1) is 0 Å². The second kappa shape index (κ2) is 10.5. The van der Waals surface area contributed by atoms with Gasteiger partial charge in [-0.05, 0) is 6.42 Å². The molecule has 1 rings (SSSR count). The van der Waals surface area contributed by atoms with E-state index in [0.717, 1.165) is 0 Å². The highest BCUT2D eigenvalue weighted by molar-refractivity contribution is 7.80. The van der Waals surface area contributed by atoms with E-state index < -0.39 is 42.4 Å². The summed E-state index contributed by atoms with van der Waals surface area (Å²) >= 11 is 3.95. The minimum atomic E-state index is -1.21. The van der Waals surface area contributed by atoms with Crippen molar-refractivity contribution in [1.29, 1.82) is 0 Å². The Morgan fingerprint density at radius 3 is 2.24 bits per heavy atom. The van der Waals surface area contributed by atoms with Gasteiger partial charge in [-0.2, -0.15) is 12.6 Å². The molecular formula is C15H21N3O6S. The van der Waals surface area contributed by atoms with E-state index in [2.05, 4.69) is 28.6 Å². The highest BCUT2D eigenvalue weighted by Crippen LogP contribution is 2.05. The zero-order chi connectivity index (χ0) is 18.8. The van der Waals surface area contributed by atoms with Crippen LogP contribution in [-0.4, -0.2) is 64.4 Å². The lowest BCUT2D eigenvalue weighted by molar-refractivity contribution is -0.140. The van der Waals surface area contributed by atoms with Crippen LogP contribution >= 0.6 is 12.6 Å². The molecule has 0 aromatic heterocycles. The van der Waals surface area contributed by atoms with Crippen molar-refractivity contribution in [2.75, 3.05) is 12.3 Å². The molecular weight excluding hydrogens is 350 g/mol. The minimum Gasteiger partial charge on any atom is -0.480 e. The van der Waals surface area contributed by atoms with Crippen molar-refractivity contribution in [3.05, 3.63) is 24.3 Å². The van der Waals surface area contributed by atoms with Crippen molar-refractivity contribution in [3.8, 4) is 0 Å². The molecule has 5 N–H and O–H groups in total. The number of carbonyl (C=O) groups excluding carboxylic acids is 2.